The fraction of sp³-hybridized carbons (Fsp3) is 0.429. The molecule has 0 fully saturated rings. The molecule has 2 rings (SSSR count). The Hall–Kier alpha value is -1.88. The second-order valence-electron chi connectivity index (χ2n) is 4.41. The van der Waals surface area contributed by atoms with Crippen molar-refractivity contribution in [3.8, 4) is 5.88 Å². The van der Waals surface area contributed by atoms with Gasteiger partial charge in [-0.25, -0.2) is 9.97 Å². The Labute approximate surface area is 112 Å². The van der Waals surface area contributed by atoms with Crippen LogP contribution >= 0.6 is 0 Å². The number of aliphatic hydroxyl groups excluding tert-OH is 1. The van der Waals surface area contributed by atoms with Crippen LogP contribution in [0.15, 0.2) is 30.7 Å². The second kappa shape index (κ2) is 6.33. The first kappa shape index (κ1) is 13.5. The number of rotatable bonds is 6. The summed E-state index contributed by atoms with van der Waals surface area (Å²) in [4.78, 5) is 8.36. The first-order valence-electron chi connectivity index (χ1n) is 6.42. The Morgan fingerprint density at radius 3 is 2.84 bits per heavy atom. The summed E-state index contributed by atoms with van der Waals surface area (Å²) >= 11 is 0. The lowest BCUT2D eigenvalue weighted by Crippen LogP contribution is -2.11. The lowest BCUT2D eigenvalue weighted by atomic mass is 10.1. The summed E-state index contributed by atoms with van der Waals surface area (Å²) in [6.07, 6.45) is 6.23. The van der Waals surface area contributed by atoms with Gasteiger partial charge in [0.15, 0.2) is 0 Å². The third-order valence-electron chi connectivity index (χ3n) is 2.95. The van der Waals surface area contributed by atoms with Crippen LogP contribution in [0, 0.1) is 0 Å². The van der Waals surface area contributed by atoms with Crippen molar-refractivity contribution in [3.63, 3.8) is 0 Å². The molecule has 19 heavy (non-hydrogen) atoms. The molecule has 2 aromatic rings. The summed E-state index contributed by atoms with van der Waals surface area (Å²) in [7, 11) is 1.58. The molecule has 5 heteroatoms. The molecule has 0 radical (unpaired) electrons. The van der Waals surface area contributed by atoms with Crippen LogP contribution in [0.5, 0.6) is 5.88 Å². The molecule has 0 aliphatic carbocycles. The highest BCUT2D eigenvalue weighted by Crippen LogP contribution is 2.18. The first-order chi connectivity index (χ1) is 9.24. The summed E-state index contributed by atoms with van der Waals surface area (Å²) in [5, 5.41) is 10.3. The Bertz CT molecular complexity index is 508. The van der Waals surface area contributed by atoms with Gasteiger partial charge in [-0.2, -0.15) is 0 Å². The van der Waals surface area contributed by atoms with Crippen LogP contribution in [-0.2, 0) is 13.0 Å². The normalized spacial score (nSPS) is 12.4. The molecule has 0 amide bonds. The van der Waals surface area contributed by atoms with E-state index in [1.807, 2.05) is 16.8 Å². The van der Waals surface area contributed by atoms with Gasteiger partial charge >= 0.3 is 0 Å². The van der Waals surface area contributed by atoms with Gasteiger partial charge < -0.3 is 14.4 Å². The van der Waals surface area contributed by atoms with Crippen LogP contribution in [0.3, 0.4) is 0 Å². The zero-order chi connectivity index (χ0) is 13.7. The quantitative estimate of drug-likeness (QED) is 0.863. The molecule has 0 saturated heterocycles. The molecule has 5 nitrogen and oxygen atoms in total. The largest absolute Gasteiger partial charge is 0.481 e. The lowest BCUT2D eigenvalue weighted by Gasteiger charge is -2.12. The number of aromatic nitrogens is 3. The topological polar surface area (TPSA) is 60.2 Å². The summed E-state index contributed by atoms with van der Waals surface area (Å²) in [6.45, 7) is 2.97. The second-order valence-corrected chi connectivity index (χ2v) is 4.41. The number of ether oxygens (including phenoxy) is 1. The van der Waals surface area contributed by atoms with E-state index in [9.17, 15) is 5.11 Å². The van der Waals surface area contributed by atoms with Crippen molar-refractivity contribution in [1.82, 2.24) is 14.5 Å². The summed E-state index contributed by atoms with van der Waals surface area (Å²) in [5.41, 5.74) is 0.958. The molecule has 2 heterocycles. The summed E-state index contributed by atoms with van der Waals surface area (Å²) in [6, 6.07) is 3.70. The van der Waals surface area contributed by atoms with Crippen LogP contribution in [-0.4, -0.2) is 26.8 Å². The van der Waals surface area contributed by atoms with Gasteiger partial charge in [0.2, 0.25) is 5.88 Å². The maximum atomic E-state index is 10.3. The molecule has 1 N–H and O–H groups in total. The molecule has 102 valence electrons. The molecule has 0 saturated carbocycles. The van der Waals surface area contributed by atoms with Gasteiger partial charge in [0.25, 0.3) is 0 Å². The maximum absolute atomic E-state index is 10.3. The Morgan fingerprint density at radius 1 is 1.37 bits per heavy atom. The van der Waals surface area contributed by atoms with Crippen LogP contribution in [0.2, 0.25) is 0 Å². The Morgan fingerprint density at radius 2 is 2.21 bits per heavy atom. The number of hydrogen-bond donors (Lipinski definition) is 1. The minimum absolute atomic E-state index is 0.498. The first-order valence-corrected chi connectivity index (χ1v) is 6.42. The van der Waals surface area contributed by atoms with Crippen LogP contribution < -0.4 is 4.74 Å². The highest BCUT2D eigenvalue weighted by Gasteiger charge is 2.14. The SMILES string of the molecule is CCCn1ccnc1C(O)Cc1ccc(OC)nc1. The van der Waals surface area contributed by atoms with Gasteiger partial charge in [-0.15, -0.1) is 0 Å². The summed E-state index contributed by atoms with van der Waals surface area (Å²) < 4.78 is 7.00. The molecule has 0 bridgehead atoms. The van der Waals surface area contributed by atoms with E-state index in [1.165, 1.54) is 0 Å². The number of nitrogens with zero attached hydrogens (tertiary/aromatic N) is 3. The number of hydrogen-bond acceptors (Lipinski definition) is 4. The summed E-state index contributed by atoms with van der Waals surface area (Å²) in [5.74, 6) is 1.28. The predicted molar refractivity (Wildman–Crippen MR) is 72.0 cm³/mol. The van der Waals surface area contributed by atoms with Gasteiger partial charge in [-0.1, -0.05) is 13.0 Å². The Kier molecular flexibility index (Phi) is 4.52. The zero-order valence-electron chi connectivity index (χ0n) is 11.3. The van der Waals surface area contributed by atoms with E-state index in [0.717, 1.165) is 18.5 Å². The van der Waals surface area contributed by atoms with Crippen LogP contribution in [0.1, 0.15) is 30.8 Å². The minimum atomic E-state index is -0.614. The van der Waals surface area contributed by atoms with Crippen LogP contribution in [0.4, 0.5) is 0 Å². The van der Waals surface area contributed by atoms with E-state index < -0.39 is 6.10 Å². The van der Waals surface area contributed by atoms with Gasteiger partial charge in [-0.05, 0) is 12.0 Å². The monoisotopic (exact) mass is 261 g/mol. The maximum Gasteiger partial charge on any atom is 0.212 e. The zero-order valence-corrected chi connectivity index (χ0v) is 11.3. The van der Waals surface area contributed by atoms with Crippen LogP contribution in [0.25, 0.3) is 0 Å². The minimum Gasteiger partial charge on any atom is -0.481 e. The average molecular weight is 261 g/mol. The van der Waals surface area contributed by atoms with Crippen molar-refractivity contribution >= 4 is 0 Å². The van der Waals surface area contributed by atoms with Crippen molar-refractivity contribution in [3.05, 3.63) is 42.1 Å². The van der Waals surface area contributed by atoms with E-state index in [0.29, 0.717) is 18.1 Å². The van der Waals surface area contributed by atoms with Crippen molar-refractivity contribution in [1.29, 1.82) is 0 Å². The molecule has 0 aliphatic heterocycles. The molecule has 0 aromatic carbocycles. The van der Waals surface area contributed by atoms with Gasteiger partial charge in [0, 0.05) is 37.6 Å². The fourth-order valence-electron chi connectivity index (χ4n) is 2.02. The predicted octanol–water partition coefficient (Wildman–Crippen LogP) is 1.97. The number of aryl methyl sites for hydroxylation is 1. The van der Waals surface area contributed by atoms with Crippen molar-refractivity contribution in [2.45, 2.75) is 32.4 Å². The lowest BCUT2D eigenvalue weighted by molar-refractivity contribution is 0.163. The molecule has 1 atom stereocenters. The smallest absolute Gasteiger partial charge is 0.212 e. The van der Waals surface area contributed by atoms with E-state index in [4.69, 9.17) is 4.74 Å². The van der Waals surface area contributed by atoms with E-state index in [2.05, 4.69) is 16.9 Å². The molecule has 2 aromatic heterocycles. The van der Waals surface area contributed by atoms with Crippen molar-refractivity contribution < 1.29 is 9.84 Å². The standard InChI is InChI=1S/C14H19N3O2/c1-3-7-17-8-6-15-14(17)12(18)9-11-4-5-13(19-2)16-10-11/h4-6,8,10,12,18H,3,7,9H2,1-2H3. The fourth-order valence-corrected chi connectivity index (χ4v) is 2.02. The third kappa shape index (κ3) is 3.32. The Balaban J connectivity index is 2.06. The van der Waals surface area contributed by atoms with E-state index in [1.54, 1.807) is 25.6 Å². The molecular formula is C14H19N3O2. The van der Waals surface area contributed by atoms with Gasteiger partial charge in [-0.3, -0.25) is 0 Å². The van der Waals surface area contributed by atoms with E-state index in [-0.39, 0.29) is 0 Å². The van der Waals surface area contributed by atoms with E-state index >= 15 is 0 Å². The highest BCUT2D eigenvalue weighted by atomic mass is 16.5. The third-order valence-corrected chi connectivity index (χ3v) is 2.95. The van der Waals surface area contributed by atoms with Crippen molar-refractivity contribution in [2.24, 2.45) is 0 Å². The number of imidazole rings is 1. The molecule has 0 spiro atoms. The number of methoxy groups -OCH3 is 1. The van der Waals surface area contributed by atoms with Crippen molar-refractivity contribution in [2.75, 3.05) is 7.11 Å². The van der Waals surface area contributed by atoms with Gasteiger partial charge in [0.05, 0.1) is 7.11 Å². The number of aliphatic hydroxyl groups is 1. The molecular weight excluding hydrogens is 242 g/mol. The molecule has 1 unspecified atom stereocenters. The number of pyridine rings is 1. The van der Waals surface area contributed by atoms with Gasteiger partial charge in [0.1, 0.15) is 11.9 Å². The average Bonchev–Trinajstić information content (AvgIpc) is 2.88. The highest BCUT2D eigenvalue weighted by molar-refractivity contribution is 5.19. The molecule has 0 aliphatic rings.